The number of aliphatic imine (C=N–C) groups is 1. The first-order chi connectivity index (χ1) is 4.27. The van der Waals surface area contributed by atoms with E-state index in [4.69, 9.17) is 4.74 Å². The highest BCUT2D eigenvalue weighted by Gasteiger charge is 2.19. The zero-order chi connectivity index (χ0) is 6.74. The van der Waals surface area contributed by atoms with Crippen molar-refractivity contribution in [3.05, 3.63) is 12.3 Å². The summed E-state index contributed by atoms with van der Waals surface area (Å²) in [6.45, 7) is 2.04. The Bertz CT molecular complexity index is 151. The Hall–Kier alpha value is -0.630. The van der Waals surface area contributed by atoms with E-state index in [1.165, 1.54) is 0 Å². The molecule has 1 heterocycles. The lowest BCUT2D eigenvalue weighted by atomic mass is 10.0. The lowest BCUT2D eigenvalue weighted by molar-refractivity contribution is 0.0550. The van der Waals surface area contributed by atoms with Gasteiger partial charge in [-0.05, 0) is 13.0 Å². The topological polar surface area (TPSA) is 21.6 Å². The van der Waals surface area contributed by atoms with Gasteiger partial charge in [-0.3, -0.25) is 4.99 Å². The quantitative estimate of drug-likeness (QED) is 0.518. The second-order valence-electron chi connectivity index (χ2n) is 2.37. The lowest BCUT2D eigenvalue weighted by Crippen LogP contribution is -2.25. The summed E-state index contributed by atoms with van der Waals surface area (Å²) in [5.74, 6) is 0. The maximum absolute atomic E-state index is 5.20. The van der Waals surface area contributed by atoms with Crippen molar-refractivity contribution in [2.45, 2.75) is 18.9 Å². The van der Waals surface area contributed by atoms with E-state index in [0.29, 0.717) is 0 Å². The highest BCUT2D eigenvalue weighted by atomic mass is 16.5. The summed E-state index contributed by atoms with van der Waals surface area (Å²) in [4.78, 5) is 3.93. The molecule has 50 valence electrons. The van der Waals surface area contributed by atoms with E-state index in [2.05, 4.69) is 4.99 Å². The van der Waals surface area contributed by atoms with E-state index < -0.39 is 0 Å². The second-order valence-corrected chi connectivity index (χ2v) is 2.37. The third-order valence-electron chi connectivity index (χ3n) is 1.58. The molecule has 1 aliphatic rings. The number of hydrogen-bond donors (Lipinski definition) is 0. The Labute approximate surface area is 55.2 Å². The van der Waals surface area contributed by atoms with Gasteiger partial charge in [0.1, 0.15) is 0 Å². The minimum atomic E-state index is -0.109. The predicted molar refractivity (Wildman–Crippen MR) is 37.7 cm³/mol. The SMILES string of the molecule is COC1(C)C=CN=CC1. The van der Waals surface area contributed by atoms with Gasteiger partial charge in [-0.15, -0.1) is 0 Å². The number of rotatable bonds is 1. The van der Waals surface area contributed by atoms with Gasteiger partial charge < -0.3 is 4.74 Å². The van der Waals surface area contributed by atoms with Gasteiger partial charge >= 0.3 is 0 Å². The summed E-state index contributed by atoms with van der Waals surface area (Å²) >= 11 is 0. The van der Waals surface area contributed by atoms with Crippen molar-refractivity contribution in [3.63, 3.8) is 0 Å². The molecule has 0 saturated heterocycles. The Morgan fingerprint density at radius 3 is 2.78 bits per heavy atom. The zero-order valence-electron chi connectivity index (χ0n) is 5.79. The molecule has 1 atom stereocenters. The van der Waals surface area contributed by atoms with Crippen LogP contribution in [0.3, 0.4) is 0 Å². The van der Waals surface area contributed by atoms with E-state index in [-0.39, 0.29) is 5.60 Å². The molecule has 0 aromatic heterocycles. The molecule has 0 fully saturated rings. The monoisotopic (exact) mass is 125 g/mol. The highest BCUT2D eigenvalue weighted by Crippen LogP contribution is 2.17. The fraction of sp³-hybridized carbons (Fsp3) is 0.571. The Morgan fingerprint density at radius 2 is 2.44 bits per heavy atom. The van der Waals surface area contributed by atoms with E-state index in [1.54, 1.807) is 13.3 Å². The van der Waals surface area contributed by atoms with Crippen LogP contribution < -0.4 is 0 Å². The Balaban J connectivity index is 2.63. The summed E-state index contributed by atoms with van der Waals surface area (Å²) in [6.07, 6.45) is 6.48. The van der Waals surface area contributed by atoms with Crippen molar-refractivity contribution in [1.82, 2.24) is 0 Å². The third-order valence-corrected chi connectivity index (χ3v) is 1.58. The van der Waals surface area contributed by atoms with E-state index in [0.717, 1.165) is 6.42 Å². The molecule has 0 bridgehead atoms. The zero-order valence-corrected chi connectivity index (χ0v) is 5.79. The summed E-state index contributed by atoms with van der Waals surface area (Å²) in [6, 6.07) is 0. The molecule has 0 aliphatic carbocycles. The smallest absolute Gasteiger partial charge is 0.0897 e. The van der Waals surface area contributed by atoms with Crippen LogP contribution in [0.4, 0.5) is 0 Å². The van der Waals surface area contributed by atoms with Crippen molar-refractivity contribution >= 4 is 6.21 Å². The minimum absolute atomic E-state index is 0.109. The van der Waals surface area contributed by atoms with Crippen LogP contribution in [-0.2, 0) is 4.74 Å². The molecule has 2 heteroatoms. The average Bonchev–Trinajstić information content (AvgIpc) is 1.90. The maximum atomic E-state index is 5.20. The van der Waals surface area contributed by atoms with E-state index in [9.17, 15) is 0 Å². The average molecular weight is 125 g/mol. The summed E-state index contributed by atoms with van der Waals surface area (Å²) in [5.41, 5.74) is -0.109. The van der Waals surface area contributed by atoms with Crippen molar-refractivity contribution < 1.29 is 4.74 Å². The fourth-order valence-corrected chi connectivity index (χ4v) is 0.715. The second kappa shape index (κ2) is 2.31. The molecule has 0 radical (unpaired) electrons. The maximum Gasteiger partial charge on any atom is 0.0897 e. The third kappa shape index (κ3) is 1.39. The van der Waals surface area contributed by atoms with Gasteiger partial charge in [0, 0.05) is 25.9 Å². The normalized spacial score (nSPS) is 33.1. The molecule has 2 nitrogen and oxygen atoms in total. The molecule has 0 aromatic rings. The molecule has 0 amide bonds. The standard InChI is InChI=1S/C7H11NO/c1-7(9-2)3-5-8-6-4-7/h3,5-6H,4H2,1-2H3. The van der Waals surface area contributed by atoms with Crippen LogP contribution in [0.15, 0.2) is 17.3 Å². The van der Waals surface area contributed by atoms with Crippen molar-refractivity contribution in [1.29, 1.82) is 0 Å². The molecular formula is C7H11NO. The van der Waals surface area contributed by atoms with Crippen molar-refractivity contribution in [2.24, 2.45) is 4.99 Å². The summed E-state index contributed by atoms with van der Waals surface area (Å²) in [7, 11) is 1.71. The first kappa shape index (κ1) is 6.49. The lowest BCUT2D eigenvalue weighted by Gasteiger charge is -2.23. The Morgan fingerprint density at radius 1 is 1.67 bits per heavy atom. The number of methoxy groups -OCH3 is 1. The molecule has 9 heavy (non-hydrogen) atoms. The van der Waals surface area contributed by atoms with Gasteiger partial charge in [0.25, 0.3) is 0 Å². The largest absolute Gasteiger partial charge is 0.374 e. The number of nitrogens with zero attached hydrogens (tertiary/aromatic N) is 1. The molecule has 1 unspecified atom stereocenters. The van der Waals surface area contributed by atoms with Gasteiger partial charge in [-0.1, -0.05) is 0 Å². The fourth-order valence-electron chi connectivity index (χ4n) is 0.715. The van der Waals surface area contributed by atoms with Crippen LogP contribution in [0.1, 0.15) is 13.3 Å². The molecule has 0 spiro atoms. The van der Waals surface area contributed by atoms with Crippen LogP contribution in [0.2, 0.25) is 0 Å². The van der Waals surface area contributed by atoms with Gasteiger partial charge in [0.05, 0.1) is 5.60 Å². The first-order valence-corrected chi connectivity index (χ1v) is 3.01. The molecule has 0 saturated carbocycles. The van der Waals surface area contributed by atoms with E-state index in [1.807, 2.05) is 19.2 Å². The van der Waals surface area contributed by atoms with Gasteiger partial charge in [0.15, 0.2) is 0 Å². The number of ether oxygens (including phenoxy) is 1. The van der Waals surface area contributed by atoms with Gasteiger partial charge in [0.2, 0.25) is 0 Å². The van der Waals surface area contributed by atoms with Crippen molar-refractivity contribution in [2.75, 3.05) is 7.11 Å². The van der Waals surface area contributed by atoms with Gasteiger partial charge in [-0.25, -0.2) is 0 Å². The molecular weight excluding hydrogens is 114 g/mol. The summed E-state index contributed by atoms with van der Waals surface area (Å²) in [5, 5.41) is 0. The van der Waals surface area contributed by atoms with Crippen molar-refractivity contribution in [3.8, 4) is 0 Å². The number of hydrogen-bond acceptors (Lipinski definition) is 2. The first-order valence-electron chi connectivity index (χ1n) is 3.01. The molecule has 1 rings (SSSR count). The molecule has 0 N–H and O–H groups in total. The van der Waals surface area contributed by atoms with Crippen LogP contribution in [-0.4, -0.2) is 18.9 Å². The molecule has 1 aliphatic heterocycles. The minimum Gasteiger partial charge on any atom is -0.374 e. The van der Waals surface area contributed by atoms with Crippen LogP contribution in [0.25, 0.3) is 0 Å². The summed E-state index contributed by atoms with van der Waals surface area (Å²) < 4.78 is 5.20. The molecule has 0 aromatic carbocycles. The van der Waals surface area contributed by atoms with Crippen LogP contribution in [0.5, 0.6) is 0 Å². The van der Waals surface area contributed by atoms with Gasteiger partial charge in [-0.2, -0.15) is 0 Å². The van der Waals surface area contributed by atoms with E-state index >= 15 is 0 Å². The van der Waals surface area contributed by atoms with Crippen LogP contribution >= 0.6 is 0 Å². The highest BCUT2D eigenvalue weighted by molar-refractivity contribution is 5.61. The Kier molecular flexibility index (Phi) is 1.67. The predicted octanol–water partition coefficient (Wildman–Crippen LogP) is 1.38. The van der Waals surface area contributed by atoms with Crippen LogP contribution in [0, 0.1) is 0 Å².